The normalized spacial score (nSPS) is 17.2. The van der Waals surface area contributed by atoms with Crippen molar-refractivity contribution in [1.29, 1.82) is 0 Å². The number of carbonyl (C=O) groups excluding carboxylic acids is 2. The summed E-state index contributed by atoms with van der Waals surface area (Å²) in [6, 6.07) is 10.3. The summed E-state index contributed by atoms with van der Waals surface area (Å²) in [5.41, 5.74) is 0.592. The molecule has 0 spiro atoms. The lowest BCUT2D eigenvalue weighted by molar-refractivity contribution is -0.115. The molecule has 0 aliphatic carbocycles. The minimum absolute atomic E-state index is 0.0479. The standard InChI is InChI=1S/C21H23Cl2N3O4S/c1-14-4-2-3-11-26(14)31(29,30)17-8-5-15(6-9-17)21(28)24-13-20(27)25-19-12-16(22)7-10-18(19)23/h5-10,12,14H,2-4,11,13H2,1H3,(H,24,28)(H,25,27)/t14-/m0/s1. The van der Waals surface area contributed by atoms with E-state index in [0.717, 1.165) is 19.3 Å². The largest absolute Gasteiger partial charge is 0.343 e. The molecular weight excluding hydrogens is 461 g/mol. The minimum Gasteiger partial charge on any atom is -0.343 e. The Morgan fingerprint density at radius 3 is 2.48 bits per heavy atom. The van der Waals surface area contributed by atoms with Crippen LogP contribution in [-0.4, -0.2) is 43.7 Å². The van der Waals surface area contributed by atoms with Gasteiger partial charge in [0.05, 0.1) is 22.2 Å². The fraction of sp³-hybridized carbons (Fsp3) is 0.333. The van der Waals surface area contributed by atoms with Crippen molar-refractivity contribution in [3.63, 3.8) is 0 Å². The van der Waals surface area contributed by atoms with Crippen molar-refractivity contribution < 1.29 is 18.0 Å². The number of rotatable bonds is 6. The van der Waals surface area contributed by atoms with Crippen molar-refractivity contribution in [2.24, 2.45) is 0 Å². The lowest BCUT2D eigenvalue weighted by Crippen LogP contribution is -2.41. The number of piperidine rings is 1. The van der Waals surface area contributed by atoms with Crippen LogP contribution in [0.3, 0.4) is 0 Å². The number of benzene rings is 2. The Kier molecular flexibility index (Phi) is 7.59. The second-order valence-corrected chi connectivity index (χ2v) is 10.1. The van der Waals surface area contributed by atoms with E-state index in [9.17, 15) is 18.0 Å². The Hall–Kier alpha value is -2.13. The van der Waals surface area contributed by atoms with Crippen molar-refractivity contribution in [3.05, 3.63) is 58.1 Å². The van der Waals surface area contributed by atoms with Crippen molar-refractivity contribution in [2.45, 2.75) is 37.1 Å². The third kappa shape index (κ3) is 5.77. The first-order chi connectivity index (χ1) is 14.7. The maximum absolute atomic E-state index is 12.9. The van der Waals surface area contributed by atoms with E-state index < -0.39 is 21.8 Å². The van der Waals surface area contributed by atoms with Crippen LogP contribution in [0.5, 0.6) is 0 Å². The van der Waals surface area contributed by atoms with Crippen molar-refractivity contribution >= 4 is 50.7 Å². The Morgan fingerprint density at radius 1 is 1.10 bits per heavy atom. The van der Waals surface area contributed by atoms with E-state index in [1.54, 1.807) is 12.1 Å². The van der Waals surface area contributed by atoms with Gasteiger partial charge in [0, 0.05) is 23.2 Å². The molecule has 31 heavy (non-hydrogen) atoms. The van der Waals surface area contributed by atoms with Gasteiger partial charge in [-0.1, -0.05) is 29.6 Å². The van der Waals surface area contributed by atoms with Crippen molar-refractivity contribution in [3.8, 4) is 0 Å². The summed E-state index contributed by atoms with van der Waals surface area (Å²) in [7, 11) is -3.61. The van der Waals surface area contributed by atoms with E-state index >= 15 is 0 Å². The Bertz CT molecular complexity index is 1070. The van der Waals surface area contributed by atoms with Crippen molar-refractivity contribution in [2.75, 3.05) is 18.4 Å². The molecule has 1 atom stereocenters. The molecule has 0 radical (unpaired) electrons. The minimum atomic E-state index is -3.61. The maximum Gasteiger partial charge on any atom is 0.251 e. The third-order valence-corrected chi connectivity index (χ3v) is 7.67. The zero-order chi connectivity index (χ0) is 22.6. The number of nitrogens with one attached hydrogen (secondary N) is 2. The Labute approximate surface area is 191 Å². The average molecular weight is 484 g/mol. The summed E-state index contributed by atoms with van der Waals surface area (Å²) in [6.45, 7) is 2.12. The highest BCUT2D eigenvalue weighted by molar-refractivity contribution is 7.89. The van der Waals surface area contributed by atoms with Gasteiger partial charge < -0.3 is 10.6 Å². The molecule has 2 N–H and O–H groups in total. The first-order valence-electron chi connectivity index (χ1n) is 9.83. The van der Waals surface area contributed by atoms with Crippen LogP contribution in [0.15, 0.2) is 47.4 Å². The number of hydrogen-bond donors (Lipinski definition) is 2. The van der Waals surface area contributed by atoms with Gasteiger partial charge in [-0.15, -0.1) is 0 Å². The van der Waals surface area contributed by atoms with Crippen LogP contribution in [0.2, 0.25) is 10.0 Å². The summed E-state index contributed by atoms with van der Waals surface area (Å²) >= 11 is 11.9. The highest BCUT2D eigenvalue weighted by Gasteiger charge is 2.30. The van der Waals surface area contributed by atoms with Crippen LogP contribution in [0.4, 0.5) is 5.69 Å². The quantitative estimate of drug-likeness (QED) is 0.650. The smallest absolute Gasteiger partial charge is 0.251 e. The molecule has 0 aromatic heterocycles. The van der Waals surface area contributed by atoms with Gasteiger partial charge in [0.2, 0.25) is 15.9 Å². The topological polar surface area (TPSA) is 95.6 Å². The van der Waals surface area contributed by atoms with E-state index in [1.165, 1.54) is 34.6 Å². The number of nitrogens with zero attached hydrogens (tertiary/aromatic N) is 1. The van der Waals surface area contributed by atoms with E-state index in [0.29, 0.717) is 22.3 Å². The Balaban J connectivity index is 1.60. The van der Waals surface area contributed by atoms with Gasteiger partial charge >= 0.3 is 0 Å². The van der Waals surface area contributed by atoms with Crippen LogP contribution in [0.1, 0.15) is 36.5 Å². The monoisotopic (exact) mass is 483 g/mol. The summed E-state index contributed by atoms with van der Waals surface area (Å²) in [4.78, 5) is 24.6. The summed E-state index contributed by atoms with van der Waals surface area (Å²) < 4.78 is 27.3. The van der Waals surface area contributed by atoms with Crippen LogP contribution in [0.25, 0.3) is 0 Å². The summed E-state index contributed by atoms with van der Waals surface area (Å²) in [5, 5.41) is 5.80. The number of halogens is 2. The zero-order valence-corrected chi connectivity index (χ0v) is 19.2. The molecule has 1 heterocycles. The lowest BCUT2D eigenvalue weighted by Gasteiger charge is -2.32. The third-order valence-electron chi connectivity index (χ3n) is 5.08. The molecule has 1 aliphatic rings. The van der Waals surface area contributed by atoms with Crippen LogP contribution < -0.4 is 10.6 Å². The fourth-order valence-corrected chi connectivity index (χ4v) is 5.43. The SMILES string of the molecule is C[C@H]1CCCCN1S(=O)(=O)c1ccc(C(=O)NCC(=O)Nc2cc(Cl)ccc2Cl)cc1. The van der Waals surface area contributed by atoms with Gasteiger partial charge in [-0.25, -0.2) is 8.42 Å². The van der Waals surface area contributed by atoms with E-state index in [2.05, 4.69) is 10.6 Å². The number of amides is 2. The van der Waals surface area contributed by atoms with Crippen LogP contribution in [0, 0.1) is 0 Å². The lowest BCUT2D eigenvalue weighted by atomic mass is 10.1. The second-order valence-electron chi connectivity index (χ2n) is 7.34. The predicted molar refractivity (Wildman–Crippen MR) is 121 cm³/mol. The number of carbonyl (C=O) groups is 2. The summed E-state index contributed by atoms with van der Waals surface area (Å²) in [5.74, 6) is -0.974. The van der Waals surface area contributed by atoms with Gasteiger partial charge in [0.25, 0.3) is 5.91 Å². The van der Waals surface area contributed by atoms with Crippen molar-refractivity contribution in [1.82, 2.24) is 9.62 Å². The Morgan fingerprint density at radius 2 is 1.81 bits per heavy atom. The molecule has 0 bridgehead atoms. The summed E-state index contributed by atoms with van der Waals surface area (Å²) in [6.07, 6.45) is 2.69. The molecule has 7 nitrogen and oxygen atoms in total. The van der Waals surface area contributed by atoms with E-state index in [-0.39, 0.29) is 23.0 Å². The molecule has 1 fully saturated rings. The zero-order valence-electron chi connectivity index (χ0n) is 16.9. The first kappa shape index (κ1) is 23.5. The molecule has 2 aromatic rings. The van der Waals surface area contributed by atoms with E-state index in [1.807, 2.05) is 6.92 Å². The molecular formula is C21H23Cl2N3O4S. The fourth-order valence-electron chi connectivity index (χ4n) is 3.39. The van der Waals surface area contributed by atoms with Gasteiger partial charge in [-0.3, -0.25) is 9.59 Å². The van der Waals surface area contributed by atoms with Gasteiger partial charge in [-0.05, 0) is 62.2 Å². The first-order valence-corrected chi connectivity index (χ1v) is 12.0. The molecule has 1 saturated heterocycles. The maximum atomic E-state index is 12.9. The van der Waals surface area contributed by atoms with Gasteiger partial charge in [-0.2, -0.15) is 4.31 Å². The number of hydrogen-bond acceptors (Lipinski definition) is 4. The average Bonchev–Trinajstić information content (AvgIpc) is 2.75. The highest BCUT2D eigenvalue weighted by Crippen LogP contribution is 2.26. The molecule has 1 aliphatic heterocycles. The molecule has 2 amide bonds. The van der Waals surface area contributed by atoms with Crippen LogP contribution in [-0.2, 0) is 14.8 Å². The molecule has 10 heteroatoms. The number of sulfonamides is 1. The van der Waals surface area contributed by atoms with Gasteiger partial charge in [0.15, 0.2) is 0 Å². The molecule has 2 aromatic carbocycles. The molecule has 166 valence electrons. The second kappa shape index (κ2) is 9.99. The molecule has 3 rings (SSSR count). The highest BCUT2D eigenvalue weighted by atomic mass is 35.5. The molecule has 0 unspecified atom stereocenters. The number of anilines is 1. The predicted octanol–water partition coefficient (Wildman–Crippen LogP) is 3.93. The van der Waals surface area contributed by atoms with Gasteiger partial charge in [0.1, 0.15) is 0 Å². The molecule has 0 saturated carbocycles. The van der Waals surface area contributed by atoms with Crippen LogP contribution >= 0.6 is 23.2 Å². The van der Waals surface area contributed by atoms with E-state index in [4.69, 9.17) is 23.2 Å².